The fourth-order valence-corrected chi connectivity index (χ4v) is 19.7. The summed E-state index contributed by atoms with van der Waals surface area (Å²) in [7, 11) is 0. The van der Waals surface area contributed by atoms with E-state index in [9.17, 15) is 0 Å². The molecule has 0 amide bonds. The second-order valence-electron chi connectivity index (χ2n) is 42.1. The van der Waals surface area contributed by atoms with Crippen LogP contribution in [0.5, 0.6) is 0 Å². The predicted octanol–water partition coefficient (Wildman–Crippen LogP) is 28.1. The van der Waals surface area contributed by atoms with Gasteiger partial charge in [-0.3, -0.25) is 0 Å². The lowest BCUT2D eigenvalue weighted by atomic mass is 9.33. The lowest BCUT2D eigenvalue weighted by molar-refractivity contribution is 0.332. The summed E-state index contributed by atoms with van der Waals surface area (Å²) >= 11 is 0. The Morgan fingerprint density at radius 3 is 1.06 bits per heavy atom. The van der Waals surface area contributed by atoms with Crippen LogP contribution in [-0.4, -0.2) is 15.8 Å². The number of rotatable bonds is 7. The fourth-order valence-electron chi connectivity index (χ4n) is 19.7. The molecule has 570 valence electrons. The Kier molecular flexibility index (Phi) is 16.6. The molecule has 113 heavy (non-hydrogen) atoms. The molecule has 12 aromatic carbocycles. The van der Waals surface area contributed by atoms with Crippen molar-refractivity contribution in [1.29, 1.82) is 0 Å². The minimum atomic E-state index is -0.201. The van der Waals surface area contributed by atoms with E-state index in [0.29, 0.717) is 0 Å². The quantitative estimate of drug-likeness (QED) is 0.148. The summed E-state index contributed by atoms with van der Waals surface area (Å²) in [5.41, 5.74) is 37.8. The Balaban J connectivity index is 0.950. The minimum absolute atomic E-state index is 0.0294. The van der Waals surface area contributed by atoms with Crippen LogP contribution in [0.1, 0.15) is 235 Å². The van der Waals surface area contributed by atoms with Crippen molar-refractivity contribution in [1.82, 2.24) is 9.13 Å². The standard InChI is InChI=1S/C108H115BN4/c1-100(2,3)72-35-47-92-82(60-72)81-26-24-25-27-91(81)112(92)79-42-45-89-96(63-79)111(78-40-30-67(31-41-78)69-33-44-86-88(57-69)108(22,23)53-51-106(86,18)19)98-65-80(113-93-48-36-73(101(4,5)6)61-83(93)84-62-74(102(7,8)9)37-49-94(84)113)64-97-99(98)109(89)90-58-70(71-54-75(103(10,11)12)59-76(55-71)104(13,14)15)34-46-95(90)110(97)77-38-28-66(29-39-77)68-32-43-85-87(56-68)107(20,21)52-50-105(85,16)17/h24-49,54-65H,50-53H2,1-23H3. The predicted molar refractivity (Wildman–Crippen MR) is 490 cm³/mol. The molecular weight excluding hydrogens is 1360 g/mol. The first-order chi connectivity index (χ1) is 53.1. The van der Waals surface area contributed by atoms with Gasteiger partial charge in [0.05, 0.1) is 27.8 Å². The summed E-state index contributed by atoms with van der Waals surface area (Å²) in [6, 6.07) is 92.6. The summed E-state index contributed by atoms with van der Waals surface area (Å²) in [5, 5.41) is 5.06. The third-order valence-electron chi connectivity index (χ3n) is 27.2. The number of para-hydroxylation sites is 1. The Morgan fingerprint density at radius 2 is 0.611 bits per heavy atom. The van der Waals surface area contributed by atoms with Crippen molar-refractivity contribution < 1.29 is 0 Å². The number of nitrogens with zero attached hydrogens (tertiary/aromatic N) is 4. The zero-order chi connectivity index (χ0) is 79.7. The first-order valence-corrected chi connectivity index (χ1v) is 42.0. The van der Waals surface area contributed by atoms with Crippen molar-refractivity contribution in [3.05, 3.63) is 281 Å². The van der Waals surface area contributed by atoms with Crippen LogP contribution in [-0.2, 0) is 48.7 Å². The van der Waals surface area contributed by atoms with Crippen LogP contribution in [0.2, 0.25) is 0 Å². The van der Waals surface area contributed by atoms with E-state index in [1.165, 1.54) is 174 Å². The van der Waals surface area contributed by atoms with Gasteiger partial charge in [-0.15, -0.1) is 0 Å². The smallest absolute Gasteiger partial charge is 0.252 e. The van der Waals surface area contributed by atoms with Gasteiger partial charge in [0, 0.05) is 61.4 Å². The second-order valence-corrected chi connectivity index (χ2v) is 42.1. The highest BCUT2D eigenvalue weighted by Gasteiger charge is 2.46. The summed E-state index contributed by atoms with van der Waals surface area (Å²) in [4.78, 5) is 5.32. The van der Waals surface area contributed by atoms with Gasteiger partial charge in [-0.05, 0) is 271 Å². The minimum Gasteiger partial charge on any atom is -0.311 e. The third kappa shape index (κ3) is 12.3. The molecule has 0 saturated carbocycles. The molecule has 18 rings (SSSR count). The summed E-state index contributed by atoms with van der Waals surface area (Å²) < 4.78 is 5.16. The molecule has 0 spiro atoms. The van der Waals surface area contributed by atoms with Crippen molar-refractivity contribution in [3.8, 4) is 44.8 Å². The van der Waals surface area contributed by atoms with Gasteiger partial charge in [0.1, 0.15) is 0 Å². The maximum atomic E-state index is 2.67. The topological polar surface area (TPSA) is 16.3 Å². The van der Waals surface area contributed by atoms with Crippen LogP contribution in [0.15, 0.2) is 231 Å². The Hall–Kier alpha value is -10.1. The number of fused-ring (bicyclic) bond motifs is 12. The SMILES string of the molecule is CC(C)(C)c1cc(-c2ccc3c(c2)B2c4ccc(-n5c6ccccc6c6cc(C(C)(C)C)ccc65)cc4N(c4ccc(-c5ccc6c(c5)C(C)(C)CCC6(C)C)cc4)c4cc(-n5c6ccc(C(C)(C)C)cc6c6cc(C(C)(C)C)ccc65)cc(c42)N3c2ccc(-c3ccc4c(c3)C(C)(C)CCC4(C)C)cc2)cc(C(C)(C)C)c1. The summed E-state index contributed by atoms with van der Waals surface area (Å²) in [5.74, 6) is 0. The molecular formula is C108H115BN4. The van der Waals surface area contributed by atoms with Crippen molar-refractivity contribution in [2.75, 3.05) is 9.80 Å². The molecule has 14 aromatic rings. The van der Waals surface area contributed by atoms with E-state index in [0.717, 1.165) is 40.5 Å². The lowest BCUT2D eigenvalue weighted by Gasteiger charge is -2.45. The van der Waals surface area contributed by atoms with E-state index >= 15 is 0 Å². The normalized spacial score (nSPS) is 16.4. The zero-order valence-electron chi connectivity index (χ0n) is 71.6. The third-order valence-corrected chi connectivity index (χ3v) is 27.2. The van der Waals surface area contributed by atoms with Crippen LogP contribution in [0.3, 0.4) is 0 Å². The Labute approximate surface area is 674 Å². The molecule has 4 aliphatic rings. The molecule has 2 aliphatic carbocycles. The molecule has 0 unspecified atom stereocenters. The van der Waals surface area contributed by atoms with Gasteiger partial charge in [-0.1, -0.05) is 293 Å². The Morgan fingerprint density at radius 1 is 0.248 bits per heavy atom. The molecule has 0 fully saturated rings. The first-order valence-electron chi connectivity index (χ1n) is 42.0. The van der Waals surface area contributed by atoms with Gasteiger partial charge < -0.3 is 18.9 Å². The van der Waals surface area contributed by atoms with Crippen molar-refractivity contribution >= 4 is 101 Å². The molecule has 4 nitrogen and oxygen atoms in total. The maximum absolute atomic E-state index is 2.67. The molecule has 0 saturated heterocycles. The van der Waals surface area contributed by atoms with E-state index in [1.807, 2.05) is 0 Å². The van der Waals surface area contributed by atoms with Crippen LogP contribution in [0, 0.1) is 0 Å². The van der Waals surface area contributed by atoms with Gasteiger partial charge in [0.25, 0.3) is 6.71 Å². The molecule has 0 N–H and O–H groups in total. The summed E-state index contributed by atoms with van der Waals surface area (Å²) in [6.07, 6.45) is 4.70. The number of hydrogen-bond donors (Lipinski definition) is 0. The Bertz CT molecular complexity index is 6160. The van der Waals surface area contributed by atoms with Crippen molar-refractivity contribution in [2.24, 2.45) is 0 Å². The highest BCUT2D eigenvalue weighted by molar-refractivity contribution is 7.00. The van der Waals surface area contributed by atoms with E-state index in [-0.39, 0.29) is 55.4 Å². The highest BCUT2D eigenvalue weighted by Crippen LogP contribution is 2.53. The molecule has 2 aliphatic heterocycles. The summed E-state index contributed by atoms with van der Waals surface area (Å²) in [6.45, 7) is 54.6. The zero-order valence-corrected chi connectivity index (χ0v) is 71.6. The number of hydrogen-bond acceptors (Lipinski definition) is 2. The largest absolute Gasteiger partial charge is 0.311 e. The van der Waals surface area contributed by atoms with Crippen molar-refractivity contribution in [2.45, 2.75) is 234 Å². The van der Waals surface area contributed by atoms with Gasteiger partial charge in [-0.2, -0.15) is 0 Å². The number of benzene rings is 12. The number of aromatic nitrogens is 2. The molecule has 2 aromatic heterocycles. The molecule has 5 heteroatoms. The van der Waals surface area contributed by atoms with Crippen LogP contribution < -0.4 is 26.2 Å². The molecule has 0 radical (unpaired) electrons. The van der Waals surface area contributed by atoms with Crippen LogP contribution in [0.4, 0.5) is 34.1 Å². The van der Waals surface area contributed by atoms with Crippen LogP contribution >= 0.6 is 0 Å². The average molecular weight is 1480 g/mol. The van der Waals surface area contributed by atoms with Gasteiger partial charge >= 0.3 is 0 Å². The van der Waals surface area contributed by atoms with Crippen LogP contribution in [0.25, 0.3) is 88.4 Å². The van der Waals surface area contributed by atoms with E-state index in [4.69, 9.17) is 0 Å². The highest BCUT2D eigenvalue weighted by atomic mass is 15.2. The number of anilines is 6. The molecule has 0 atom stereocenters. The van der Waals surface area contributed by atoms with E-state index in [1.54, 1.807) is 0 Å². The molecule has 4 heterocycles. The first kappa shape index (κ1) is 74.3. The van der Waals surface area contributed by atoms with E-state index < -0.39 is 0 Å². The van der Waals surface area contributed by atoms with Crippen molar-refractivity contribution in [3.63, 3.8) is 0 Å². The van der Waals surface area contributed by atoms with Gasteiger partial charge in [0.15, 0.2) is 0 Å². The average Bonchev–Trinajstić information content (AvgIpc) is 1.56. The second kappa shape index (κ2) is 25.2. The lowest BCUT2D eigenvalue weighted by Crippen LogP contribution is -2.61. The molecule has 0 bridgehead atoms. The maximum Gasteiger partial charge on any atom is 0.252 e. The van der Waals surface area contributed by atoms with E-state index in [2.05, 4.69) is 409 Å². The monoisotopic (exact) mass is 1480 g/mol. The fraction of sp³-hybridized carbons (Fsp3) is 0.333. The van der Waals surface area contributed by atoms with Gasteiger partial charge in [0.2, 0.25) is 0 Å². The van der Waals surface area contributed by atoms with Gasteiger partial charge in [-0.25, -0.2) is 0 Å².